The molecule has 2 rings (SSSR count). The predicted octanol–water partition coefficient (Wildman–Crippen LogP) is 2.70. The van der Waals surface area contributed by atoms with E-state index >= 15 is 0 Å². The van der Waals surface area contributed by atoms with Crippen LogP contribution in [0.2, 0.25) is 0 Å². The minimum Gasteiger partial charge on any atom is -0.466 e. The molecule has 0 aromatic heterocycles. The maximum Gasteiger partial charge on any atom is 0.420 e. The molecule has 154 valence electrons. The van der Waals surface area contributed by atoms with Gasteiger partial charge in [-0.2, -0.15) is 22.0 Å². The lowest BCUT2D eigenvalue weighted by molar-refractivity contribution is -0.142. The van der Waals surface area contributed by atoms with Crippen LogP contribution in [0.5, 0.6) is 5.75 Å². The van der Waals surface area contributed by atoms with Crippen LogP contribution in [0.3, 0.4) is 0 Å². The molecule has 1 aromatic carbocycles. The lowest BCUT2D eigenvalue weighted by Gasteiger charge is -2.31. The number of nitrogens with zero attached hydrogens (tertiary/aromatic N) is 1. The number of anilines is 1. The molecule has 1 aliphatic rings. The van der Waals surface area contributed by atoms with Gasteiger partial charge in [0.15, 0.2) is 0 Å². The van der Waals surface area contributed by atoms with Crippen molar-refractivity contribution in [3.05, 3.63) is 35.0 Å². The minimum atomic E-state index is -5.03. The van der Waals surface area contributed by atoms with E-state index in [9.17, 15) is 31.5 Å². The zero-order chi connectivity index (χ0) is 21.1. The number of rotatable bonds is 5. The summed E-state index contributed by atoms with van der Waals surface area (Å²) in [6.07, 6.45) is -5.03. The first kappa shape index (κ1) is 21.4. The van der Waals surface area contributed by atoms with Gasteiger partial charge >= 0.3 is 24.7 Å². The summed E-state index contributed by atoms with van der Waals surface area (Å²) in [5.41, 5.74) is -2.44. The van der Waals surface area contributed by atoms with Crippen molar-refractivity contribution in [2.75, 3.05) is 32.5 Å². The molecule has 0 atom stereocenters. The number of ether oxygens (including phenoxy) is 4. The van der Waals surface area contributed by atoms with Crippen LogP contribution in [0.25, 0.3) is 0 Å². The first-order valence-corrected chi connectivity index (χ1v) is 7.51. The van der Waals surface area contributed by atoms with E-state index in [1.165, 1.54) is 0 Å². The van der Waals surface area contributed by atoms with Gasteiger partial charge in [0.25, 0.3) is 0 Å². The maximum absolute atomic E-state index is 13.3. The molecule has 0 bridgehead atoms. The van der Waals surface area contributed by atoms with Crippen LogP contribution < -0.4 is 9.64 Å². The molecule has 1 aromatic rings. The number of alkyl halides is 5. The molecule has 1 aliphatic heterocycles. The van der Waals surface area contributed by atoms with E-state index < -0.39 is 48.5 Å². The topological polar surface area (TPSA) is 74.3 Å². The molecule has 0 saturated carbocycles. The number of carbonyl (C=O) groups excluding carboxylic acids is 2. The third-order valence-corrected chi connectivity index (χ3v) is 3.63. The molecule has 0 radical (unpaired) electrons. The van der Waals surface area contributed by atoms with Crippen LogP contribution in [0.1, 0.15) is 5.56 Å². The molecule has 1 heterocycles. The number of benzene rings is 1. The highest BCUT2D eigenvalue weighted by Crippen LogP contribution is 2.40. The standard InChI is InChI=1S/C16H14F5NO6/c1-25-13(23)9-6-27-7-22(12(9)14(24)26-2)8-3-4-11(28-15(17)18)10(5-8)16(19,20)21/h3-5,15H,6-7H2,1-2H3. The van der Waals surface area contributed by atoms with Gasteiger partial charge < -0.3 is 23.8 Å². The highest BCUT2D eigenvalue weighted by atomic mass is 19.4. The van der Waals surface area contributed by atoms with Crippen molar-refractivity contribution in [2.45, 2.75) is 12.8 Å². The van der Waals surface area contributed by atoms with Gasteiger partial charge in [-0.05, 0) is 18.2 Å². The molecule has 0 saturated heterocycles. The van der Waals surface area contributed by atoms with Gasteiger partial charge in [-0.15, -0.1) is 0 Å². The van der Waals surface area contributed by atoms with E-state index in [1.807, 2.05) is 0 Å². The first-order chi connectivity index (χ1) is 13.1. The van der Waals surface area contributed by atoms with E-state index in [1.54, 1.807) is 0 Å². The maximum atomic E-state index is 13.3. The Hall–Kier alpha value is -2.89. The summed E-state index contributed by atoms with van der Waals surface area (Å²) >= 11 is 0. The van der Waals surface area contributed by atoms with Crippen molar-refractivity contribution in [1.82, 2.24) is 0 Å². The second-order valence-electron chi connectivity index (χ2n) is 5.27. The average molecular weight is 411 g/mol. The summed E-state index contributed by atoms with van der Waals surface area (Å²) in [6, 6.07) is 2.16. The predicted molar refractivity (Wildman–Crippen MR) is 82.4 cm³/mol. The Morgan fingerprint density at radius 1 is 1.14 bits per heavy atom. The van der Waals surface area contributed by atoms with Crippen molar-refractivity contribution in [3.63, 3.8) is 0 Å². The van der Waals surface area contributed by atoms with Crippen LogP contribution in [0, 0.1) is 0 Å². The molecule has 0 spiro atoms. The van der Waals surface area contributed by atoms with Crippen molar-refractivity contribution in [2.24, 2.45) is 0 Å². The molecule has 12 heteroatoms. The lowest BCUT2D eigenvalue weighted by atomic mass is 10.1. The van der Waals surface area contributed by atoms with E-state index in [0.29, 0.717) is 12.1 Å². The number of methoxy groups -OCH3 is 2. The molecule has 7 nitrogen and oxygen atoms in total. The van der Waals surface area contributed by atoms with Crippen molar-refractivity contribution in [1.29, 1.82) is 0 Å². The fourth-order valence-electron chi connectivity index (χ4n) is 2.45. The van der Waals surface area contributed by atoms with E-state index in [4.69, 9.17) is 4.74 Å². The SMILES string of the molecule is COC(=O)C1=C(C(=O)OC)N(c2ccc(OC(F)F)c(C(F)(F)F)c2)COC1. The van der Waals surface area contributed by atoms with E-state index in [2.05, 4.69) is 14.2 Å². The van der Waals surface area contributed by atoms with Gasteiger partial charge in [-0.1, -0.05) is 0 Å². The summed E-state index contributed by atoms with van der Waals surface area (Å²) in [4.78, 5) is 25.0. The molecular formula is C16H14F5NO6. The van der Waals surface area contributed by atoms with Crippen LogP contribution in [-0.4, -0.2) is 46.1 Å². The normalized spacial score (nSPS) is 14.9. The monoisotopic (exact) mass is 411 g/mol. The molecule has 28 heavy (non-hydrogen) atoms. The molecule has 0 fully saturated rings. The smallest absolute Gasteiger partial charge is 0.420 e. The summed E-state index contributed by atoms with van der Waals surface area (Å²) < 4.78 is 82.8. The number of halogens is 5. The molecule has 0 N–H and O–H groups in total. The Labute approximate surface area is 155 Å². The lowest BCUT2D eigenvalue weighted by Crippen LogP contribution is -2.38. The molecular weight excluding hydrogens is 397 g/mol. The Morgan fingerprint density at radius 2 is 1.79 bits per heavy atom. The van der Waals surface area contributed by atoms with Gasteiger partial charge in [-0.3, -0.25) is 0 Å². The summed E-state index contributed by atoms with van der Waals surface area (Å²) in [7, 11) is 2.06. The van der Waals surface area contributed by atoms with Gasteiger partial charge in [0.1, 0.15) is 18.2 Å². The Kier molecular flexibility index (Phi) is 6.44. The summed E-state index contributed by atoms with van der Waals surface area (Å²) in [5.74, 6) is -3.06. The number of esters is 2. The third-order valence-electron chi connectivity index (χ3n) is 3.63. The summed E-state index contributed by atoms with van der Waals surface area (Å²) in [5, 5.41) is 0. The van der Waals surface area contributed by atoms with Gasteiger partial charge in [0.05, 0.1) is 32.0 Å². The second kappa shape index (κ2) is 8.42. The van der Waals surface area contributed by atoms with Gasteiger partial charge in [-0.25, -0.2) is 9.59 Å². The third kappa shape index (κ3) is 4.50. The highest BCUT2D eigenvalue weighted by molar-refractivity contribution is 6.03. The van der Waals surface area contributed by atoms with E-state index in [-0.39, 0.29) is 17.9 Å². The molecule has 0 amide bonds. The average Bonchev–Trinajstić information content (AvgIpc) is 2.65. The van der Waals surface area contributed by atoms with Crippen molar-refractivity contribution in [3.8, 4) is 5.75 Å². The quantitative estimate of drug-likeness (QED) is 0.545. The first-order valence-electron chi connectivity index (χ1n) is 7.51. The van der Waals surface area contributed by atoms with Crippen LogP contribution >= 0.6 is 0 Å². The van der Waals surface area contributed by atoms with Crippen LogP contribution in [0.15, 0.2) is 29.5 Å². The fraction of sp³-hybridized carbons (Fsp3) is 0.375. The van der Waals surface area contributed by atoms with Crippen LogP contribution in [0.4, 0.5) is 27.6 Å². The van der Waals surface area contributed by atoms with E-state index in [0.717, 1.165) is 25.2 Å². The Bertz CT molecular complexity index is 792. The zero-order valence-corrected chi connectivity index (χ0v) is 14.5. The largest absolute Gasteiger partial charge is 0.466 e. The number of carbonyl (C=O) groups is 2. The number of hydrogen-bond donors (Lipinski definition) is 0. The minimum absolute atomic E-state index is 0.268. The Morgan fingerprint density at radius 3 is 2.32 bits per heavy atom. The summed E-state index contributed by atoms with van der Waals surface area (Å²) in [6.45, 7) is -4.22. The fourth-order valence-corrected chi connectivity index (χ4v) is 2.45. The Balaban J connectivity index is 2.61. The zero-order valence-electron chi connectivity index (χ0n) is 14.5. The number of hydrogen-bond acceptors (Lipinski definition) is 7. The molecule has 0 aliphatic carbocycles. The van der Waals surface area contributed by atoms with Gasteiger partial charge in [0, 0.05) is 5.69 Å². The second-order valence-corrected chi connectivity index (χ2v) is 5.27. The van der Waals surface area contributed by atoms with Crippen molar-refractivity contribution >= 4 is 17.6 Å². The highest BCUT2D eigenvalue weighted by Gasteiger charge is 2.38. The van der Waals surface area contributed by atoms with Gasteiger partial charge in [0.2, 0.25) is 0 Å². The molecule has 0 unspecified atom stereocenters. The van der Waals surface area contributed by atoms with Crippen LogP contribution in [-0.2, 0) is 30.0 Å². The van der Waals surface area contributed by atoms with Crippen molar-refractivity contribution < 1.29 is 50.5 Å².